The standard InChI is InChI=1S/C19H17FN2O/c1-15(8-5-6-11-16-9-3-2-4-10-16)21-22-19(23)17-12-7-13-18(20)14-17/h2-14H,1H3,(H,22,23)/b8-5+,11-6+,21-15+. The number of rotatable bonds is 5. The Kier molecular flexibility index (Phi) is 6.00. The van der Waals surface area contributed by atoms with E-state index in [1.54, 1.807) is 13.0 Å². The fraction of sp³-hybridized carbons (Fsp3) is 0.0526. The molecule has 0 saturated carbocycles. The van der Waals surface area contributed by atoms with Gasteiger partial charge in [-0.15, -0.1) is 0 Å². The molecule has 0 bridgehead atoms. The van der Waals surface area contributed by atoms with E-state index >= 15 is 0 Å². The number of amides is 1. The predicted octanol–water partition coefficient (Wildman–Crippen LogP) is 4.20. The van der Waals surface area contributed by atoms with Gasteiger partial charge in [-0.2, -0.15) is 5.10 Å². The van der Waals surface area contributed by atoms with E-state index in [1.807, 2.05) is 48.6 Å². The monoisotopic (exact) mass is 308 g/mol. The van der Waals surface area contributed by atoms with Gasteiger partial charge in [-0.3, -0.25) is 4.79 Å². The molecule has 2 aromatic carbocycles. The van der Waals surface area contributed by atoms with Gasteiger partial charge in [-0.05, 0) is 36.8 Å². The van der Waals surface area contributed by atoms with Crippen LogP contribution in [0.2, 0.25) is 0 Å². The molecular formula is C19H17FN2O. The van der Waals surface area contributed by atoms with Gasteiger partial charge in [0.05, 0.1) is 5.71 Å². The van der Waals surface area contributed by atoms with Gasteiger partial charge in [0.2, 0.25) is 0 Å². The highest BCUT2D eigenvalue weighted by Gasteiger charge is 2.04. The summed E-state index contributed by atoms with van der Waals surface area (Å²) in [4.78, 5) is 11.8. The molecule has 3 nitrogen and oxygen atoms in total. The van der Waals surface area contributed by atoms with Crippen LogP contribution in [0.15, 0.2) is 77.9 Å². The molecule has 2 rings (SSSR count). The van der Waals surface area contributed by atoms with Crippen molar-refractivity contribution >= 4 is 17.7 Å². The first kappa shape index (κ1) is 16.4. The van der Waals surface area contributed by atoms with E-state index in [2.05, 4.69) is 10.5 Å². The van der Waals surface area contributed by atoms with Crippen LogP contribution in [-0.4, -0.2) is 11.6 Å². The van der Waals surface area contributed by atoms with Crippen molar-refractivity contribution in [3.63, 3.8) is 0 Å². The SMILES string of the molecule is CC(/C=C/C=C/c1ccccc1)=N\NC(=O)c1cccc(F)c1. The van der Waals surface area contributed by atoms with Crippen LogP contribution in [0.4, 0.5) is 4.39 Å². The van der Waals surface area contributed by atoms with Crippen LogP contribution in [0.25, 0.3) is 6.08 Å². The number of carbonyl (C=O) groups is 1. The second-order valence-electron chi connectivity index (χ2n) is 4.83. The molecule has 0 atom stereocenters. The summed E-state index contributed by atoms with van der Waals surface area (Å²) in [5.74, 6) is -0.902. The second kappa shape index (κ2) is 8.44. The summed E-state index contributed by atoms with van der Waals surface area (Å²) in [5.41, 5.74) is 4.36. The number of carbonyl (C=O) groups excluding carboxylic acids is 1. The summed E-state index contributed by atoms with van der Waals surface area (Å²) < 4.78 is 13.0. The van der Waals surface area contributed by atoms with E-state index in [9.17, 15) is 9.18 Å². The lowest BCUT2D eigenvalue weighted by molar-refractivity contribution is 0.0954. The first-order valence-electron chi connectivity index (χ1n) is 7.15. The fourth-order valence-corrected chi connectivity index (χ4v) is 1.80. The Bertz CT molecular complexity index is 749. The van der Waals surface area contributed by atoms with Gasteiger partial charge in [0.15, 0.2) is 0 Å². The number of hydrogen-bond acceptors (Lipinski definition) is 2. The lowest BCUT2D eigenvalue weighted by Gasteiger charge is -2.00. The van der Waals surface area contributed by atoms with Crippen molar-refractivity contribution in [2.45, 2.75) is 6.92 Å². The number of nitrogens with zero attached hydrogens (tertiary/aromatic N) is 1. The highest BCUT2D eigenvalue weighted by atomic mass is 19.1. The van der Waals surface area contributed by atoms with Crippen molar-refractivity contribution in [2.75, 3.05) is 0 Å². The Balaban J connectivity index is 1.89. The number of halogens is 1. The molecule has 0 heterocycles. The molecule has 0 spiro atoms. The van der Waals surface area contributed by atoms with Crippen molar-refractivity contribution in [3.8, 4) is 0 Å². The van der Waals surface area contributed by atoms with Crippen molar-refractivity contribution in [3.05, 3.63) is 89.8 Å². The fourth-order valence-electron chi connectivity index (χ4n) is 1.80. The predicted molar refractivity (Wildman–Crippen MR) is 91.6 cm³/mol. The Morgan fingerprint density at radius 1 is 1.09 bits per heavy atom. The largest absolute Gasteiger partial charge is 0.271 e. The van der Waals surface area contributed by atoms with E-state index in [4.69, 9.17) is 0 Å². The second-order valence-corrected chi connectivity index (χ2v) is 4.83. The average Bonchev–Trinajstić information content (AvgIpc) is 2.57. The molecule has 4 heteroatoms. The van der Waals surface area contributed by atoms with E-state index in [1.165, 1.54) is 24.3 Å². The molecule has 0 aromatic heterocycles. The molecule has 116 valence electrons. The lowest BCUT2D eigenvalue weighted by atomic mass is 10.2. The molecule has 0 fully saturated rings. The maximum Gasteiger partial charge on any atom is 0.271 e. The minimum absolute atomic E-state index is 0.231. The Labute approximate surface area is 134 Å². The normalized spacial score (nSPS) is 12.0. The van der Waals surface area contributed by atoms with Crippen LogP contribution in [-0.2, 0) is 0 Å². The summed E-state index contributed by atoms with van der Waals surface area (Å²) in [6, 6.07) is 15.4. The minimum Gasteiger partial charge on any atom is -0.267 e. The molecular weight excluding hydrogens is 291 g/mol. The van der Waals surface area contributed by atoms with Crippen LogP contribution in [0, 0.1) is 5.82 Å². The van der Waals surface area contributed by atoms with E-state index < -0.39 is 11.7 Å². The third-order valence-electron chi connectivity index (χ3n) is 2.96. The Morgan fingerprint density at radius 3 is 2.61 bits per heavy atom. The number of hydrogen-bond donors (Lipinski definition) is 1. The summed E-state index contributed by atoms with van der Waals surface area (Å²) in [6.07, 6.45) is 7.46. The van der Waals surface area contributed by atoms with Crippen LogP contribution >= 0.6 is 0 Å². The van der Waals surface area contributed by atoms with Crippen molar-refractivity contribution in [1.82, 2.24) is 5.43 Å². The molecule has 1 N–H and O–H groups in total. The zero-order valence-corrected chi connectivity index (χ0v) is 12.7. The number of nitrogens with one attached hydrogen (secondary N) is 1. The maximum atomic E-state index is 13.0. The van der Waals surface area contributed by atoms with Gasteiger partial charge in [-0.1, -0.05) is 54.6 Å². The van der Waals surface area contributed by atoms with Crippen molar-refractivity contribution in [1.29, 1.82) is 0 Å². The minimum atomic E-state index is -0.454. The zero-order valence-electron chi connectivity index (χ0n) is 12.7. The number of benzene rings is 2. The van der Waals surface area contributed by atoms with Gasteiger partial charge in [-0.25, -0.2) is 9.82 Å². The number of hydrazone groups is 1. The summed E-state index contributed by atoms with van der Waals surface area (Å²) in [7, 11) is 0. The van der Waals surface area contributed by atoms with Gasteiger partial charge >= 0.3 is 0 Å². The third kappa shape index (κ3) is 5.71. The lowest BCUT2D eigenvalue weighted by Crippen LogP contribution is -2.18. The zero-order chi connectivity index (χ0) is 16.5. The first-order valence-corrected chi connectivity index (χ1v) is 7.15. The summed E-state index contributed by atoms with van der Waals surface area (Å²) in [6.45, 7) is 1.76. The molecule has 0 aliphatic rings. The Morgan fingerprint density at radius 2 is 1.87 bits per heavy atom. The molecule has 0 saturated heterocycles. The first-order chi connectivity index (χ1) is 11.1. The van der Waals surface area contributed by atoms with Crippen molar-refractivity contribution in [2.24, 2.45) is 5.10 Å². The van der Waals surface area contributed by atoms with Gasteiger partial charge in [0, 0.05) is 5.56 Å². The van der Waals surface area contributed by atoms with E-state index in [-0.39, 0.29) is 5.56 Å². The molecule has 0 aliphatic carbocycles. The van der Waals surface area contributed by atoms with E-state index in [0.717, 1.165) is 5.56 Å². The Hall–Kier alpha value is -3.01. The molecule has 2 aromatic rings. The highest BCUT2D eigenvalue weighted by molar-refractivity contribution is 5.97. The molecule has 0 aliphatic heterocycles. The van der Waals surface area contributed by atoms with Crippen LogP contribution < -0.4 is 5.43 Å². The van der Waals surface area contributed by atoms with E-state index in [0.29, 0.717) is 5.71 Å². The molecule has 0 unspecified atom stereocenters. The molecule has 23 heavy (non-hydrogen) atoms. The quantitative estimate of drug-likeness (QED) is 0.502. The van der Waals surface area contributed by atoms with Gasteiger partial charge in [0.1, 0.15) is 5.82 Å². The van der Waals surface area contributed by atoms with Gasteiger partial charge < -0.3 is 0 Å². The third-order valence-corrected chi connectivity index (χ3v) is 2.96. The smallest absolute Gasteiger partial charge is 0.267 e. The summed E-state index contributed by atoms with van der Waals surface area (Å²) >= 11 is 0. The van der Waals surface area contributed by atoms with Gasteiger partial charge in [0.25, 0.3) is 5.91 Å². The van der Waals surface area contributed by atoms with Crippen molar-refractivity contribution < 1.29 is 9.18 Å². The van der Waals surface area contributed by atoms with Crippen LogP contribution in [0.5, 0.6) is 0 Å². The highest BCUT2D eigenvalue weighted by Crippen LogP contribution is 2.03. The van der Waals surface area contributed by atoms with Crippen LogP contribution in [0.3, 0.4) is 0 Å². The number of allylic oxidation sites excluding steroid dienone is 3. The molecule has 1 amide bonds. The summed E-state index contributed by atoms with van der Waals surface area (Å²) in [5, 5.41) is 3.95. The topological polar surface area (TPSA) is 41.5 Å². The molecule has 0 radical (unpaired) electrons. The average molecular weight is 308 g/mol. The van der Waals surface area contributed by atoms with Crippen LogP contribution in [0.1, 0.15) is 22.8 Å². The maximum absolute atomic E-state index is 13.0.